The van der Waals surface area contributed by atoms with Crippen molar-refractivity contribution in [1.82, 2.24) is 0 Å². The van der Waals surface area contributed by atoms with E-state index in [-0.39, 0.29) is 53.7 Å². The maximum absolute atomic E-state index is 12.9. The van der Waals surface area contributed by atoms with E-state index in [4.69, 9.17) is 14.2 Å². The van der Waals surface area contributed by atoms with Crippen LogP contribution in [-0.2, 0) is 19.0 Å². The van der Waals surface area contributed by atoms with E-state index in [0.717, 1.165) is 5.57 Å². The topological polar surface area (TPSA) is 88.8 Å². The molecule has 4 rings (SSSR count). The minimum absolute atomic E-state index is 0.000629. The molecule has 1 unspecified atom stereocenters. The number of carbonyl (C=O) groups excluding carboxylic acids is 1. The summed E-state index contributed by atoms with van der Waals surface area (Å²) in [6.07, 6.45) is 5.62. The van der Waals surface area contributed by atoms with Crippen LogP contribution in [0.25, 0.3) is 0 Å². The maximum Gasteiger partial charge on any atom is 0.335 e. The zero-order valence-electron chi connectivity index (χ0n) is 18.4. The highest BCUT2D eigenvalue weighted by atomic mass is 16.6. The van der Waals surface area contributed by atoms with E-state index in [1.54, 1.807) is 0 Å². The Kier molecular flexibility index (Phi) is 5.59. The van der Waals surface area contributed by atoms with Crippen molar-refractivity contribution in [3.8, 4) is 6.07 Å². The molecule has 2 heterocycles. The molecule has 4 aliphatic rings. The number of ether oxygens (including phenoxy) is 3. The third-order valence-corrected chi connectivity index (χ3v) is 8.11. The molecule has 0 aromatic rings. The molecule has 6 nitrogen and oxygen atoms in total. The monoisotopic (exact) mass is 415 g/mol. The Morgan fingerprint density at radius 1 is 1.37 bits per heavy atom. The van der Waals surface area contributed by atoms with Crippen LogP contribution in [0.1, 0.15) is 40.5 Å². The Hall–Kier alpha value is -1.68. The van der Waals surface area contributed by atoms with E-state index in [0.29, 0.717) is 12.8 Å². The molecule has 1 spiro atoms. The summed E-state index contributed by atoms with van der Waals surface area (Å²) in [5.41, 5.74) is 0.308. The Morgan fingerprint density at radius 3 is 2.73 bits per heavy atom. The fourth-order valence-electron chi connectivity index (χ4n) is 6.51. The van der Waals surface area contributed by atoms with Gasteiger partial charge in [0.25, 0.3) is 0 Å². The summed E-state index contributed by atoms with van der Waals surface area (Å²) in [6, 6.07) is 2.40. The minimum atomic E-state index is -0.746. The summed E-state index contributed by atoms with van der Waals surface area (Å²) in [4.78, 5) is 12.9. The van der Waals surface area contributed by atoms with Crippen LogP contribution in [-0.4, -0.2) is 48.2 Å². The van der Waals surface area contributed by atoms with E-state index < -0.39 is 17.8 Å². The Balaban J connectivity index is 1.87. The fourth-order valence-corrected chi connectivity index (χ4v) is 6.51. The van der Waals surface area contributed by atoms with Gasteiger partial charge in [-0.05, 0) is 25.3 Å². The van der Waals surface area contributed by atoms with Crippen LogP contribution in [0.5, 0.6) is 0 Å². The number of cyclic esters (lactones) is 1. The molecule has 0 amide bonds. The molecule has 4 bridgehead atoms. The lowest BCUT2D eigenvalue weighted by atomic mass is 9.56. The zero-order chi connectivity index (χ0) is 21.8. The van der Waals surface area contributed by atoms with Crippen molar-refractivity contribution in [2.75, 3.05) is 7.11 Å². The second kappa shape index (κ2) is 7.78. The first-order valence-electron chi connectivity index (χ1n) is 11.2. The standard InChI is InChI=1S/C24H33NO5/c1-6-18-12(2)9-13(3)24-15(10-19(28-5)23(27)29-18)7-8-16-20(24)21(26)14(4)17(11-25)22(16)30-24/h7-9,12,14-22,26H,6,10H2,1-5H3/b13-9+/t12-,14?,15-,16-,17-,18-,19+,20+,21-,22-,24+/m1/s1. The Labute approximate surface area is 178 Å². The third-order valence-electron chi connectivity index (χ3n) is 8.11. The average Bonchev–Trinajstić information content (AvgIpc) is 2.91. The van der Waals surface area contributed by atoms with Gasteiger partial charge in [0.05, 0.1) is 24.2 Å². The molecule has 0 aromatic heterocycles. The normalized spacial score (nSPS) is 51.9. The lowest BCUT2D eigenvalue weighted by Gasteiger charge is -2.48. The number of nitrogens with zero attached hydrogens (tertiary/aromatic N) is 1. The summed E-state index contributed by atoms with van der Waals surface area (Å²) >= 11 is 0. The van der Waals surface area contributed by atoms with Gasteiger partial charge in [0.15, 0.2) is 6.10 Å². The number of rotatable bonds is 2. The number of aliphatic hydroxyl groups excluding tert-OH is 1. The van der Waals surface area contributed by atoms with Gasteiger partial charge in [0.1, 0.15) is 11.7 Å². The summed E-state index contributed by atoms with van der Waals surface area (Å²) in [6.45, 7) is 8.07. The summed E-state index contributed by atoms with van der Waals surface area (Å²) in [5, 5.41) is 21.2. The SMILES string of the molecule is CC[C@H]1OC(=O)[C@@H](OC)C[C@H]2C=C[C@H]3[C@H]4O[C@]2(/C(C)=C/[C@H]1C)[C@@H]3[C@H](O)C(C)[C@H]4C#N. The van der Waals surface area contributed by atoms with Gasteiger partial charge in [-0.2, -0.15) is 5.26 Å². The van der Waals surface area contributed by atoms with Crippen molar-refractivity contribution in [2.24, 2.45) is 35.5 Å². The Morgan fingerprint density at radius 2 is 2.10 bits per heavy atom. The predicted molar refractivity (Wildman–Crippen MR) is 110 cm³/mol. The van der Waals surface area contributed by atoms with Crippen LogP contribution in [0, 0.1) is 46.8 Å². The Bertz CT molecular complexity index is 800. The summed E-state index contributed by atoms with van der Waals surface area (Å²) < 4.78 is 18.2. The molecular weight excluding hydrogens is 382 g/mol. The summed E-state index contributed by atoms with van der Waals surface area (Å²) in [7, 11) is 1.53. The highest BCUT2D eigenvalue weighted by molar-refractivity contribution is 5.75. The number of hydrogen-bond acceptors (Lipinski definition) is 6. The molecule has 2 fully saturated rings. The first kappa shape index (κ1) is 21.5. The van der Waals surface area contributed by atoms with Crippen molar-refractivity contribution < 1.29 is 24.1 Å². The average molecular weight is 416 g/mol. The van der Waals surface area contributed by atoms with Gasteiger partial charge in [-0.3, -0.25) is 0 Å². The number of methoxy groups -OCH3 is 1. The van der Waals surface area contributed by atoms with E-state index >= 15 is 0 Å². The number of esters is 1. The highest BCUT2D eigenvalue weighted by Crippen LogP contribution is 2.61. The van der Waals surface area contributed by atoms with Gasteiger partial charge in [-0.25, -0.2) is 4.79 Å². The molecule has 1 N–H and O–H groups in total. The van der Waals surface area contributed by atoms with Gasteiger partial charge in [0.2, 0.25) is 0 Å². The largest absolute Gasteiger partial charge is 0.460 e. The van der Waals surface area contributed by atoms with Crippen LogP contribution in [0.2, 0.25) is 0 Å². The van der Waals surface area contributed by atoms with E-state index in [9.17, 15) is 15.2 Å². The van der Waals surface area contributed by atoms with Crippen LogP contribution in [0.3, 0.4) is 0 Å². The lowest BCUT2D eigenvalue weighted by molar-refractivity contribution is -0.166. The van der Waals surface area contributed by atoms with Crippen molar-refractivity contribution in [2.45, 2.75) is 70.6 Å². The van der Waals surface area contributed by atoms with E-state index in [1.165, 1.54) is 7.11 Å². The molecule has 164 valence electrons. The highest BCUT2D eigenvalue weighted by Gasteiger charge is 2.68. The quantitative estimate of drug-likeness (QED) is 0.551. The molecule has 6 heteroatoms. The van der Waals surface area contributed by atoms with Crippen LogP contribution in [0.15, 0.2) is 23.8 Å². The molecule has 11 atom stereocenters. The molecule has 2 aliphatic heterocycles. The molecule has 0 radical (unpaired) electrons. The molecule has 0 aromatic carbocycles. The lowest BCUT2D eigenvalue weighted by Crippen LogP contribution is -2.55. The molecular formula is C24H33NO5. The van der Waals surface area contributed by atoms with Gasteiger partial charge < -0.3 is 19.3 Å². The molecule has 1 saturated carbocycles. The van der Waals surface area contributed by atoms with Gasteiger partial charge in [-0.15, -0.1) is 0 Å². The molecule has 2 aliphatic carbocycles. The first-order valence-corrected chi connectivity index (χ1v) is 11.2. The minimum Gasteiger partial charge on any atom is -0.460 e. The zero-order valence-corrected chi connectivity index (χ0v) is 18.4. The molecule has 30 heavy (non-hydrogen) atoms. The maximum atomic E-state index is 12.9. The van der Waals surface area contributed by atoms with Gasteiger partial charge >= 0.3 is 5.97 Å². The second-order valence-electron chi connectivity index (χ2n) is 9.53. The van der Waals surface area contributed by atoms with Crippen molar-refractivity contribution in [1.29, 1.82) is 5.26 Å². The van der Waals surface area contributed by atoms with E-state index in [1.807, 2.05) is 20.8 Å². The van der Waals surface area contributed by atoms with Crippen molar-refractivity contribution in [3.63, 3.8) is 0 Å². The van der Waals surface area contributed by atoms with Crippen LogP contribution < -0.4 is 0 Å². The second-order valence-corrected chi connectivity index (χ2v) is 9.53. The van der Waals surface area contributed by atoms with Crippen molar-refractivity contribution in [3.05, 3.63) is 23.8 Å². The van der Waals surface area contributed by atoms with Gasteiger partial charge in [-0.1, -0.05) is 39.0 Å². The number of carbonyl (C=O) groups is 1. The smallest absolute Gasteiger partial charge is 0.335 e. The van der Waals surface area contributed by atoms with Crippen LogP contribution >= 0.6 is 0 Å². The fraction of sp³-hybridized carbons (Fsp3) is 0.750. The number of hydrogen-bond donors (Lipinski definition) is 1. The summed E-state index contributed by atoms with van der Waals surface area (Å²) in [5.74, 6) is -1.18. The van der Waals surface area contributed by atoms with Crippen LogP contribution in [0.4, 0.5) is 0 Å². The number of aliphatic hydroxyl groups is 1. The van der Waals surface area contributed by atoms with E-state index in [2.05, 4.69) is 31.2 Å². The third kappa shape index (κ3) is 2.90. The van der Waals surface area contributed by atoms with Gasteiger partial charge in [0, 0.05) is 36.7 Å². The number of nitriles is 1. The molecule has 1 saturated heterocycles. The van der Waals surface area contributed by atoms with Crippen molar-refractivity contribution >= 4 is 5.97 Å². The predicted octanol–water partition coefficient (Wildman–Crippen LogP) is 3.02. The first-order chi connectivity index (χ1) is 14.3.